The number of amides is 1. The van der Waals surface area contributed by atoms with Crippen molar-refractivity contribution in [3.8, 4) is 22.7 Å². The number of carbonyl (C=O) groups is 1. The molecule has 0 saturated carbocycles. The van der Waals surface area contributed by atoms with Crippen molar-refractivity contribution in [3.63, 3.8) is 0 Å². The van der Waals surface area contributed by atoms with Crippen LogP contribution in [0.2, 0.25) is 0 Å². The Morgan fingerprint density at radius 3 is 2.71 bits per heavy atom. The molecular weight excluding hydrogens is 442 g/mol. The first kappa shape index (κ1) is 22.5. The van der Waals surface area contributed by atoms with Crippen LogP contribution in [-0.4, -0.2) is 63.3 Å². The maximum Gasteiger partial charge on any atom is 0.255 e. The van der Waals surface area contributed by atoms with Crippen LogP contribution in [-0.2, 0) is 0 Å². The van der Waals surface area contributed by atoms with E-state index in [4.69, 9.17) is 9.72 Å². The lowest BCUT2D eigenvalue weighted by Gasteiger charge is -2.27. The van der Waals surface area contributed by atoms with E-state index in [1.807, 2.05) is 72.7 Å². The molecule has 4 heterocycles. The molecule has 0 bridgehead atoms. The van der Waals surface area contributed by atoms with Gasteiger partial charge in [0.1, 0.15) is 5.75 Å². The number of nitrogens with zero attached hydrogens (tertiary/aromatic N) is 7. The molecule has 9 nitrogen and oxygen atoms in total. The second-order valence-corrected chi connectivity index (χ2v) is 8.61. The van der Waals surface area contributed by atoms with Gasteiger partial charge in [0.2, 0.25) is 5.95 Å². The molecule has 1 unspecified atom stereocenters. The smallest absolute Gasteiger partial charge is 0.255 e. The van der Waals surface area contributed by atoms with Gasteiger partial charge in [-0.05, 0) is 48.7 Å². The van der Waals surface area contributed by atoms with Gasteiger partial charge >= 0.3 is 0 Å². The molecule has 1 atom stereocenters. The van der Waals surface area contributed by atoms with Crippen molar-refractivity contribution in [3.05, 3.63) is 78.5 Å². The molecule has 1 aromatic carbocycles. The van der Waals surface area contributed by atoms with Crippen molar-refractivity contribution >= 4 is 11.9 Å². The average molecular weight is 470 g/mol. The highest BCUT2D eigenvalue weighted by Crippen LogP contribution is 2.38. The Morgan fingerprint density at radius 1 is 1.11 bits per heavy atom. The number of hydrogen-bond acceptors (Lipinski definition) is 7. The number of carbonyl (C=O) groups excluding carboxylic acids is 1. The van der Waals surface area contributed by atoms with Crippen LogP contribution in [0.5, 0.6) is 5.75 Å². The largest absolute Gasteiger partial charge is 0.497 e. The van der Waals surface area contributed by atoms with Crippen molar-refractivity contribution < 1.29 is 9.53 Å². The predicted octanol–water partition coefficient (Wildman–Crippen LogP) is 3.78. The molecule has 1 fully saturated rings. The number of hydrogen-bond donors (Lipinski definition) is 0. The Hall–Kier alpha value is -4.27. The Kier molecular flexibility index (Phi) is 6.13. The summed E-state index contributed by atoms with van der Waals surface area (Å²) in [5.74, 6) is 1.97. The Morgan fingerprint density at radius 2 is 2.00 bits per heavy atom. The minimum absolute atomic E-state index is 0.0615. The van der Waals surface area contributed by atoms with Gasteiger partial charge in [-0.3, -0.25) is 4.79 Å². The molecule has 3 aromatic heterocycles. The molecule has 0 aliphatic carbocycles. The maximum absolute atomic E-state index is 13.6. The SMILES string of the molecule is COc1cccc(-c2cnc(N(C)C)nc2C2CCCN2C(=O)c2ccc(-n3cccn3)nc2)c1. The third kappa shape index (κ3) is 4.44. The zero-order valence-electron chi connectivity index (χ0n) is 20.0. The molecule has 1 amide bonds. The van der Waals surface area contributed by atoms with Gasteiger partial charge < -0.3 is 14.5 Å². The van der Waals surface area contributed by atoms with Gasteiger partial charge in [0.25, 0.3) is 5.91 Å². The minimum Gasteiger partial charge on any atom is -0.497 e. The van der Waals surface area contributed by atoms with Crippen molar-refractivity contribution in [2.45, 2.75) is 18.9 Å². The molecule has 178 valence electrons. The van der Waals surface area contributed by atoms with E-state index in [1.54, 1.807) is 30.3 Å². The second kappa shape index (κ2) is 9.54. The van der Waals surface area contributed by atoms with Gasteiger partial charge in [-0.15, -0.1) is 0 Å². The van der Waals surface area contributed by atoms with E-state index in [2.05, 4.69) is 15.1 Å². The van der Waals surface area contributed by atoms with Crippen LogP contribution in [0.15, 0.2) is 67.3 Å². The van der Waals surface area contributed by atoms with Gasteiger partial charge in [0, 0.05) is 51.0 Å². The lowest BCUT2D eigenvalue weighted by molar-refractivity contribution is 0.0733. The molecule has 0 radical (unpaired) electrons. The summed E-state index contributed by atoms with van der Waals surface area (Å²) >= 11 is 0. The fourth-order valence-corrected chi connectivity index (χ4v) is 4.38. The third-order valence-electron chi connectivity index (χ3n) is 6.15. The van der Waals surface area contributed by atoms with Crippen molar-refractivity contribution in [2.24, 2.45) is 0 Å². The van der Waals surface area contributed by atoms with Gasteiger partial charge in [-0.1, -0.05) is 12.1 Å². The summed E-state index contributed by atoms with van der Waals surface area (Å²) in [5, 5.41) is 4.20. The first-order chi connectivity index (χ1) is 17.0. The molecular formula is C26H27N7O2. The van der Waals surface area contributed by atoms with Crippen molar-refractivity contribution in [1.82, 2.24) is 29.6 Å². The van der Waals surface area contributed by atoms with Crippen LogP contribution in [0.25, 0.3) is 16.9 Å². The lowest BCUT2D eigenvalue weighted by Crippen LogP contribution is -2.31. The zero-order chi connectivity index (χ0) is 24.4. The number of rotatable bonds is 6. The molecule has 0 N–H and O–H groups in total. The fourth-order valence-electron chi connectivity index (χ4n) is 4.38. The average Bonchev–Trinajstić information content (AvgIpc) is 3.61. The number of likely N-dealkylation sites (tertiary alicyclic amines) is 1. The topological polar surface area (TPSA) is 89.3 Å². The van der Waals surface area contributed by atoms with Crippen LogP contribution in [0.4, 0.5) is 5.95 Å². The summed E-state index contributed by atoms with van der Waals surface area (Å²) in [7, 11) is 5.47. The van der Waals surface area contributed by atoms with Crippen LogP contribution >= 0.6 is 0 Å². The highest BCUT2D eigenvalue weighted by molar-refractivity contribution is 5.94. The van der Waals surface area contributed by atoms with E-state index >= 15 is 0 Å². The third-order valence-corrected chi connectivity index (χ3v) is 6.15. The number of pyridine rings is 1. The first-order valence-electron chi connectivity index (χ1n) is 11.5. The molecule has 1 aliphatic rings. The van der Waals surface area contributed by atoms with Gasteiger partial charge in [0.15, 0.2) is 5.82 Å². The van der Waals surface area contributed by atoms with E-state index in [0.717, 1.165) is 35.4 Å². The van der Waals surface area contributed by atoms with Gasteiger partial charge in [-0.2, -0.15) is 5.10 Å². The highest BCUT2D eigenvalue weighted by atomic mass is 16.5. The Labute approximate surface area is 204 Å². The predicted molar refractivity (Wildman–Crippen MR) is 133 cm³/mol. The van der Waals surface area contributed by atoms with Crippen LogP contribution < -0.4 is 9.64 Å². The van der Waals surface area contributed by atoms with Crippen molar-refractivity contribution in [1.29, 1.82) is 0 Å². The monoisotopic (exact) mass is 469 g/mol. The standard InChI is InChI=1S/C26H27N7O2/c1-31(2)26-28-17-21(18-7-4-8-20(15-18)35-3)24(30-26)22-9-5-13-32(22)25(34)19-10-11-23(27-16-19)33-14-6-12-29-33/h4,6-8,10-12,14-17,22H,5,9,13H2,1-3H3. The number of anilines is 1. The van der Waals surface area contributed by atoms with Crippen molar-refractivity contribution in [2.75, 3.05) is 32.6 Å². The maximum atomic E-state index is 13.6. The normalized spacial score (nSPS) is 15.3. The Bertz CT molecular complexity index is 1320. The quantitative estimate of drug-likeness (QED) is 0.425. The second-order valence-electron chi connectivity index (χ2n) is 8.61. The van der Waals surface area contributed by atoms with Gasteiger partial charge in [0.05, 0.1) is 24.4 Å². The fraction of sp³-hybridized carbons (Fsp3) is 0.269. The summed E-state index contributed by atoms with van der Waals surface area (Å²) in [5.41, 5.74) is 3.22. The number of ether oxygens (including phenoxy) is 1. The van der Waals surface area contributed by atoms with E-state index < -0.39 is 0 Å². The number of methoxy groups -OCH3 is 1. The lowest BCUT2D eigenvalue weighted by atomic mass is 9.99. The summed E-state index contributed by atoms with van der Waals surface area (Å²) < 4.78 is 7.09. The molecule has 35 heavy (non-hydrogen) atoms. The first-order valence-corrected chi connectivity index (χ1v) is 11.5. The summed E-state index contributed by atoms with van der Waals surface area (Å²) in [6.07, 6.45) is 8.69. The molecule has 1 aliphatic heterocycles. The Balaban J connectivity index is 1.50. The number of benzene rings is 1. The summed E-state index contributed by atoms with van der Waals surface area (Å²) in [6, 6.07) is 13.1. The van der Waals surface area contributed by atoms with E-state index in [0.29, 0.717) is 23.9 Å². The van der Waals surface area contributed by atoms with E-state index in [1.165, 1.54) is 0 Å². The molecule has 0 spiro atoms. The van der Waals surface area contributed by atoms with E-state index in [-0.39, 0.29) is 11.9 Å². The summed E-state index contributed by atoms with van der Waals surface area (Å²) in [6.45, 7) is 0.656. The molecule has 1 saturated heterocycles. The van der Waals surface area contributed by atoms with Crippen LogP contribution in [0.1, 0.15) is 34.9 Å². The van der Waals surface area contributed by atoms with Crippen LogP contribution in [0.3, 0.4) is 0 Å². The summed E-state index contributed by atoms with van der Waals surface area (Å²) in [4.78, 5) is 31.3. The molecule has 5 rings (SSSR count). The minimum atomic E-state index is -0.170. The molecule has 9 heteroatoms. The van der Waals surface area contributed by atoms with Gasteiger partial charge in [-0.25, -0.2) is 19.6 Å². The highest BCUT2D eigenvalue weighted by Gasteiger charge is 2.34. The number of aromatic nitrogens is 5. The van der Waals surface area contributed by atoms with E-state index in [9.17, 15) is 4.79 Å². The van der Waals surface area contributed by atoms with Crippen LogP contribution in [0, 0.1) is 0 Å². The zero-order valence-corrected chi connectivity index (χ0v) is 20.0. The molecule has 4 aromatic rings.